The maximum atomic E-state index is 13.2. The van der Waals surface area contributed by atoms with E-state index in [2.05, 4.69) is 10.1 Å². The molecule has 0 fully saturated rings. The van der Waals surface area contributed by atoms with Crippen LogP contribution in [0.4, 0.5) is 18.9 Å². The molecule has 0 aromatic heterocycles. The summed E-state index contributed by atoms with van der Waals surface area (Å²) in [7, 11) is 0. The minimum atomic E-state index is -1.53. The summed E-state index contributed by atoms with van der Waals surface area (Å²) >= 11 is 0. The lowest BCUT2D eigenvalue weighted by molar-refractivity contribution is -0.137. The number of esters is 1. The van der Waals surface area contributed by atoms with Gasteiger partial charge in [0.2, 0.25) is 0 Å². The van der Waals surface area contributed by atoms with E-state index in [1.54, 1.807) is 6.92 Å². The first-order valence-corrected chi connectivity index (χ1v) is 5.27. The number of hydrogen-bond donors (Lipinski definition) is 1. The fourth-order valence-corrected chi connectivity index (χ4v) is 1.18. The van der Waals surface area contributed by atoms with Gasteiger partial charge in [0.1, 0.15) is 0 Å². The van der Waals surface area contributed by atoms with Crippen LogP contribution in [0.2, 0.25) is 0 Å². The van der Waals surface area contributed by atoms with Crippen molar-refractivity contribution in [3.63, 3.8) is 0 Å². The summed E-state index contributed by atoms with van der Waals surface area (Å²) in [5.74, 6) is -4.60. The molecule has 3 nitrogen and oxygen atoms in total. The number of hydrogen-bond acceptors (Lipinski definition) is 3. The van der Waals surface area contributed by atoms with E-state index in [1.807, 2.05) is 0 Å². The number of ether oxygens (including phenoxy) is 1. The normalized spacial score (nSPS) is 10.7. The monoisotopic (exact) mass is 259 g/mol. The third-order valence-electron chi connectivity index (χ3n) is 1.99. The molecular formula is C12H12F3NO2. The van der Waals surface area contributed by atoms with E-state index >= 15 is 0 Å². The van der Waals surface area contributed by atoms with E-state index in [1.165, 1.54) is 6.08 Å². The zero-order valence-corrected chi connectivity index (χ0v) is 9.67. The van der Waals surface area contributed by atoms with Gasteiger partial charge in [-0.25, -0.2) is 18.0 Å². The number of halogens is 3. The molecule has 1 aromatic carbocycles. The molecule has 0 amide bonds. The van der Waals surface area contributed by atoms with Crippen LogP contribution in [0.1, 0.15) is 6.92 Å². The molecule has 0 saturated carbocycles. The standard InChI is InChI=1S/C12H12F3NO2/c1-2-18-10(17)4-3-7-16-9-6-5-8(13)11(14)12(9)15/h3-6,16H,2,7H2,1H3/b4-3+. The molecule has 0 heterocycles. The molecular weight excluding hydrogens is 247 g/mol. The lowest BCUT2D eigenvalue weighted by Gasteiger charge is -2.05. The molecule has 0 unspecified atom stereocenters. The van der Waals surface area contributed by atoms with Gasteiger partial charge in [-0.3, -0.25) is 0 Å². The van der Waals surface area contributed by atoms with Gasteiger partial charge in [0.05, 0.1) is 12.3 Å². The van der Waals surface area contributed by atoms with Crippen LogP contribution in [0.25, 0.3) is 0 Å². The van der Waals surface area contributed by atoms with Crippen LogP contribution >= 0.6 is 0 Å². The van der Waals surface area contributed by atoms with Crippen molar-refractivity contribution in [3.8, 4) is 0 Å². The topological polar surface area (TPSA) is 38.3 Å². The van der Waals surface area contributed by atoms with Gasteiger partial charge < -0.3 is 10.1 Å². The van der Waals surface area contributed by atoms with Crippen molar-refractivity contribution in [1.29, 1.82) is 0 Å². The Morgan fingerprint density at radius 1 is 1.33 bits per heavy atom. The third-order valence-corrected chi connectivity index (χ3v) is 1.99. The number of carbonyl (C=O) groups is 1. The first kappa shape index (κ1) is 14.1. The molecule has 0 atom stereocenters. The van der Waals surface area contributed by atoms with Gasteiger partial charge in [0, 0.05) is 12.6 Å². The molecule has 1 rings (SSSR count). The quantitative estimate of drug-likeness (QED) is 0.502. The van der Waals surface area contributed by atoms with Gasteiger partial charge in [0.25, 0.3) is 0 Å². The SMILES string of the molecule is CCOC(=O)/C=C/CNc1ccc(F)c(F)c1F. The Bertz CT molecular complexity index is 461. The molecule has 0 aliphatic rings. The van der Waals surface area contributed by atoms with Crippen LogP contribution in [0.5, 0.6) is 0 Å². The Hall–Kier alpha value is -1.98. The number of benzene rings is 1. The van der Waals surface area contributed by atoms with E-state index in [0.717, 1.165) is 18.2 Å². The van der Waals surface area contributed by atoms with Crippen LogP contribution in [0.3, 0.4) is 0 Å². The zero-order chi connectivity index (χ0) is 13.5. The largest absolute Gasteiger partial charge is 0.463 e. The molecule has 0 bridgehead atoms. The van der Waals surface area contributed by atoms with Gasteiger partial charge in [-0.2, -0.15) is 0 Å². The maximum absolute atomic E-state index is 13.2. The van der Waals surface area contributed by atoms with Gasteiger partial charge in [-0.15, -0.1) is 0 Å². The van der Waals surface area contributed by atoms with Gasteiger partial charge >= 0.3 is 5.97 Å². The predicted octanol–water partition coefficient (Wildman–Crippen LogP) is 2.64. The minimum absolute atomic E-state index is 0.0841. The molecule has 6 heteroatoms. The Balaban J connectivity index is 2.55. The Labute approximate surface area is 102 Å². The predicted molar refractivity (Wildman–Crippen MR) is 60.6 cm³/mol. The molecule has 0 aliphatic carbocycles. The van der Waals surface area contributed by atoms with Crippen molar-refractivity contribution in [1.82, 2.24) is 0 Å². The van der Waals surface area contributed by atoms with E-state index in [0.29, 0.717) is 0 Å². The Morgan fingerprint density at radius 3 is 2.72 bits per heavy atom. The van der Waals surface area contributed by atoms with Crippen molar-refractivity contribution in [2.24, 2.45) is 0 Å². The van der Waals surface area contributed by atoms with E-state index in [-0.39, 0.29) is 18.8 Å². The smallest absolute Gasteiger partial charge is 0.330 e. The second-order valence-corrected chi connectivity index (χ2v) is 3.26. The van der Waals surface area contributed by atoms with Crippen LogP contribution in [-0.4, -0.2) is 19.1 Å². The number of anilines is 1. The molecule has 0 radical (unpaired) electrons. The average molecular weight is 259 g/mol. The molecule has 0 aliphatic heterocycles. The fourth-order valence-electron chi connectivity index (χ4n) is 1.18. The summed E-state index contributed by atoms with van der Waals surface area (Å²) in [6.45, 7) is 2.01. The summed E-state index contributed by atoms with van der Waals surface area (Å²) in [6.07, 6.45) is 2.55. The van der Waals surface area contributed by atoms with Gasteiger partial charge in [-0.1, -0.05) is 6.08 Å². The van der Waals surface area contributed by atoms with Crippen molar-refractivity contribution < 1.29 is 22.7 Å². The van der Waals surface area contributed by atoms with Crippen LogP contribution in [-0.2, 0) is 9.53 Å². The van der Waals surface area contributed by atoms with Crippen molar-refractivity contribution >= 4 is 11.7 Å². The first-order chi connectivity index (χ1) is 8.56. The zero-order valence-electron chi connectivity index (χ0n) is 9.67. The lowest BCUT2D eigenvalue weighted by atomic mass is 10.3. The summed E-state index contributed by atoms with van der Waals surface area (Å²) in [4.78, 5) is 10.9. The number of carbonyl (C=O) groups excluding carboxylic acids is 1. The van der Waals surface area contributed by atoms with E-state index < -0.39 is 23.4 Å². The Morgan fingerprint density at radius 2 is 2.06 bits per heavy atom. The lowest BCUT2D eigenvalue weighted by Crippen LogP contribution is -2.05. The van der Waals surface area contributed by atoms with Crippen molar-refractivity contribution in [2.45, 2.75) is 6.92 Å². The highest BCUT2D eigenvalue weighted by molar-refractivity contribution is 5.81. The first-order valence-electron chi connectivity index (χ1n) is 5.27. The Kier molecular flexibility index (Phi) is 5.23. The minimum Gasteiger partial charge on any atom is -0.463 e. The molecule has 98 valence electrons. The summed E-state index contributed by atoms with van der Waals surface area (Å²) < 4.78 is 43.3. The maximum Gasteiger partial charge on any atom is 0.330 e. The van der Waals surface area contributed by atoms with E-state index in [9.17, 15) is 18.0 Å². The van der Waals surface area contributed by atoms with Crippen LogP contribution < -0.4 is 5.32 Å². The highest BCUT2D eigenvalue weighted by Gasteiger charge is 2.12. The highest BCUT2D eigenvalue weighted by atomic mass is 19.2. The molecule has 0 spiro atoms. The molecule has 1 aromatic rings. The molecule has 0 saturated heterocycles. The van der Waals surface area contributed by atoms with E-state index in [4.69, 9.17) is 0 Å². The highest BCUT2D eigenvalue weighted by Crippen LogP contribution is 2.19. The second kappa shape index (κ2) is 6.68. The second-order valence-electron chi connectivity index (χ2n) is 3.26. The van der Waals surface area contributed by atoms with Crippen molar-refractivity contribution in [2.75, 3.05) is 18.5 Å². The number of rotatable bonds is 5. The molecule has 1 N–H and O–H groups in total. The third kappa shape index (κ3) is 3.80. The number of nitrogens with one attached hydrogen (secondary N) is 1. The van der Waals surface area contributed by atoms with Crippen LogP contribution in [0.15, 0.2) is 24.3 Å². The summed E-state index contributed by atoms with van der Waals surface area (Å²) in [5.41, 5.74) is -0.178. The van der Waals surface area contributed by atoms with Crippen molar-refractivity contribution in [3.05, 3.63) is 41.7 Å². The average Bonchev–Trinajstić information content (AvgIpc) is 2.34. The summed E-state index contributed by atoms with van der Waals surface area (Å²) in [5, 5.41) is 2.50. The van der Waals surface area contributed by atoms with Crippen LogP contribution in [0, 0.1) is 17.5 Å². The fraction of sp³-hybridized carbons (Fsp3) is 0.250. The molecule has 18 heavy (non-hydrogen) atoms. The van der Waals surface area contributed by atoms with Gasteiger partial charge in [-0.05, 0) is 19.1 Å². The van der Waals surface area contributed by atoms with Gasteiger partial charge in [0.15, 0.2) is 17.5 Å². The summed E-state index contributed by atoms with van der Waals surface area (Å²) in [6, 6.07) is 1.89.